The molecular weight excluding hydrogens is 306 g/mol. The fourth-order valence-electron chi connectivity index (χ4n) is 2.50. The number of pyridine rings is 1. The Bertz CT molecular complexity index is 825. The van der Waals surface area contributed by atoms with Crippen molar-refractivity contribution in [2.75, 3.05) is 14.2 Å². The van der Waals surface area contributed by atoms with Crippen LogP contribution in [0.4, 0.5) is 0 Å². The van der Waals surface area contributed by atoms with Gasteiger partial charge in [0.05, 0.1) is 32.9 Å². The largest absolute Gasteiger partial charge is 0.493 e. The van der Waals surface area contributed by atoms with Gasteiger partial charge in [0.25, 0.3) is 0 Å². The van der Waals surface area contributed by atoms with Gasteiger partial charge in [-0.3, -0.25) is 4.79 Å². The fraction of sp³-hybridized carbons (Fsp3) is 0.222. The third kappa shape index (κ3) is 3.48. The van der Waals surface area contributed by atoms with Gasteiger partial charge >= 0.3 is 0 Å². The molecule has 3 rings (SSSR count). The summed E-state index contributed by atoms with van der Waals surface area (Å²) in [7, 11) is 3.16. The average molecular weight is 325 g/mol. The van der Waals surface area contributed by atoms with Crippen molar-refractivity contribution < 1.29 is 14.3 Å². The van der Waals surface area contributed by atoms with Crippen molar-refractivity contribution in [2.24, 2.45) is 0 Å². The number of methoxy groups -OCH3 is 2. The molecule has 0 unspecified atom stereocenters. The molecule has 24 heavy (non-hydrogen) atoms. The average Bonchev–Trinajstić information content (AvgIpc) is 3.03. The van der Waals surface area contributed by atoms with Gasteiger partial charge in [-0.15, -0.1) is 0 Å². The van der Waals surface area contributed by atoms with Crippen LogP contribution in [0.25, 0.3) is 5.65 Å². The number of hydrogen-bond donors (Lipinski definition) is 1. The van der Waals surface area contributed by atoms with E-state index < -0.39 is 0 Å². The molecule has 6 heteroatoms. The molecular formula is C18H19N3O3. The first-order valence-corrected chi connectivity index (χ1v) is 7.60. The van der Waals surface area contributed by atoms with Crippen LogP contribution in [0.2, 0.25) is 0 Å². The molecule has 0 saturated carbocycles. The molecule has 0 radical (unpaired) electrons. The summed E-state index contributed by atoms with van der Waals surface area (Å²) >= 11 is 0. The Balaban J connectivity index is 1.61. The molecule has 1 aromatic carbocycles. The highest BCUT2D eigenvalue weighted by Crippen LogP contribution is 2.27. The van der Waals surface area contributed by atoms with E-state index in [2.05, 4.69) is 10.3 Å². The number of imidazole rings is 1. The lowest BCUT2D eigenvalue weighted by molar-refractivity contribution is -0.120. The summed E-state index contributed by atoms with van der Waals surface area (Å²) in [6.45, 7) is 0.397. The van der Waals surface area contributed by atoms with Crippen LogP contribution < -0.4 is 14.8 Å². The Morgan fingerprint density at radius 3 is 2.75 bits per heavy atom. The minimum atomic E-state index is -0.0701. The SMILES string of the molecule is COc1ccc(CC(=O)NCc2cn3ccccc3n2)cc1OC. The Morgan fingerprint density at radius 2 is 2.00 bits per heavy atom. The van der Waals surface area contributed by atoms with Crippen molar-refractivity contribution in [2.45, 2.75) is 13.0 Å². The van der Waals surface area contributed by atoms with E-state index in [1.807, 2.05) is 47.1 Å². The number of nitrogens with one attached hydrogen (secondary N) is 1. The highest BCUT2D eigenvalue weighted by atomic mass is 16.5. The van der Waals surface area contributed by atoms with Crippen LogP contribution in [0.15, 0.2) is 48.8 Å². The van der Waals surface area contributed by atoms with E-state index in [9.17, 15) is 4.79 Å². The van der Waals surface area contributed by atoms with Gasteiger partial charge in [0, 0.05) is 12.4 Å². The van der Waals surface area contributed by atoms with Crippen molar-refractivity contribution in [3.8, 4) is 11.5 Å². The summed E-state index contributed by atoms with van der Waals surface area (Å²) in [6, 6.07) is 11.3. The number of benzene rings is 1. The normalized spacial score (nSPS) is 10.6. The van der Waals surface area contributed by atoms with Gasteiger partial charge in [-0.2, -0.15) is 0 Å². The van der Waals surface area contributed by atoms with Gasteiger partial charge in [-0.05, 0) is 29.8 Å². The second-order valence-electron chi connectivity index (χ2n) is 5.34. The van der Waals surface area contributed by atoms with Gasteiger partial charge < -0.3 is 19.2 Å². The Morgan fingerprint density at radius 1 is 1.17 bits per heavy atom. The summed E-state index contributed by atoms with van der Waals surface area (Å²) < 4.78 is 12.4. The van der Waals surface area contributed by atoms with Crippen LogP contribution in [-0.2, 0) is 17.8 Å². The number of carbonyl (C=O) groups is 1. The second-order valence-corrected chi connectivity index (χ2v) is 5.34. The maximum atomic E-state index is 12.1. The molecule has 1 N–H and O–H groups in total. The number of aromatic nitrogens is 2. The number of rotatable bonds is 6. The van der Waals surface area contributed by atoms with E-state index in [0.717, 1.165) is 16.9 Å². The van der Waals surface area contributed by atoms with E-state index in [1.54, 1.807) is 20.3 Å². The summed E-state index contributed by atoms with van der Waals surface area (Å²) in [5, 5.41) is 2.89. The molecule has 0 aliphatic rings. The Hall–Kier alpha value is -3.02. The molecule has 0 bridgehead atoms. The highest BCUT2D eigenvalue weighted by Gasteiger charge is 2.09. The number of carbonyl (C=O) groups excluding carboxylic acids is 1. The molecule has 1 amide bonds. The third-order valence-electron chi connectivity index (χ3n) is 3.69. The lowest BCUT2D eigenvalue weighted by atomic mass is 10.1. The van der Waals surface area contributed by atoms with Gasteiger partial charge in [0.15, 0.2) is 11.5 Å². The summed E-state index contributed by atoms with van der Waals surface area (Å²) in [5.41, 5.74) is 2.55. The fourth-order valence-corrected chi connectivity index (χ4v) is 2.50. The van der Waals surface area contributed by atoms with Crippen LogP contribution >= 0.6 is 0 Å². The topological polar surface area (TPSA) is 64.9 Å². The van der Waals surface area contributed by atoms with Crippen LogP contribution in [0.1, 0.15) is 11.3 Å². The minimum absolute atomic E-state index is 0.0701. The van der Waals surface area contributed by atoms with E-state index in [1.165, 1.54) is 0 Å². The molecule has 2 aromatic heterocycles. The number of nitrogens with zero attached hydrogens (tertiary/aromatic N) is 2. The predicted octanol–water partition coefficient (Wildman–Crippen LogP) is 2.21. The van der Waals surface area contributed by atoms with E-state index >= 15 is 0 Å². The number of hydrogen-bond acceptors (Lipinski definition) is 4. The Kier molecular flexibility index (Phi) is 4.65. The molecule has 2 heterocycles. The summed E-state index contributed by atoms with van der Waals surface area (Å²) in [4.78, 5) is 16.6. The first-order chi connectivity index (χ1) is 11.7. The molecule has 0 saturated heterocycles. The molecule has 0 aliphatic carbocycles. The van der Waals surface area contributed by atoms with Crippen molar-refractivity contribution in [1.82, 2.24) is 14.7 Å². The zero-order valence-corrected chi connectivity index (χ0v) is 13.7. The lowest BCUT2D eigenvalue weighted by Gasteiger charge is -2.09. The van der Waals surface area contributed by atoms with Crippen LogP contribution in [0.5, 0.6) is 11.5 Å². The first kappa shape index (κ1) is 15.9. The molecule has 3 aromatic rings. The summed E-state index contributed by atoms with van der Waals surface area (Å²) in [5.74, 6) is 1.19. The smallest absolute Gasteiger partial charge is 0.224 e. The number of amides is 1. The van der Waals surface area contributed by atoms with E-state index in [4.69, 9.17) is 9.47 Å². The second kappa shape index (κ2) is 7.04. The predicted molar refractivity (Wildman–Crippen MR) is 90.3 cm³/mol. The van der Waals surface area contributed by atoms with E-state index in [0.29, 0.717) is 18.0 Å². The molecule has 0 aliphatic heterocycles. The highest BCUT2D eigenvalue weighted by molar-refractivity contribution is 5.78. The van der Waals surface area contributed by atoms with Gasteiger partial charge in [-0.1, -0.05) is 12.1 Å². The first-order valence-electron chi connectivity index (χ1n) is 7.60. The quantitative estimate of drug-likeness (QED) is 0.755. The molecule has 6 nitrogen and oxygen atoms in total. The zero-order chi connectivity index (χ0) is 16.9. The monoisotopic (exact) mass is 325 g/mol. The standard InChI is InChI=1S/C18H19N3O3/c1-23-15-7-6-13(9-16(15)24-2)10-18(22)19-11-14-12-21-8-4-3-5-17(21)20-14/h3-9,12H,10-11H2,1-2H3,(H,19,22). The number of fused-ring (bicyclic) bond motifs is 1. The van der Waals surface area contributed by atoms with Crippen LogP contribution in [0, 0.1) is 0 Å². The zero-order valence-electron chi connectivity index (χ0n) is 13.7. The lowest BCUT2D eigenvalue weighted by Crippen LogP contribution is -2.24. The van der Waals surface area contributed by atoms with Gasteiger partial charge in [-0.25, -0.2) is 4.98 Å². The van der Waals surface area contributed by atoms with Crippen molar-refractivity contribution in [1.29, 1.82) is 0 Å². The van der Waals surface area contributed by atoms with Gasteiger partial charge in [0.1, 0.15) is 5.65 Å². The van der Waals surface area contributed by atoms with Crippen LogP contribution in [0.3, 0.4) is 0 Å². The van der Waals surface area contributed by atoms with Crippen LogP contribution in [-0.4, -0.2) is 29.5 Å². The van der Waals surface area contributed by atoms with Gasteiger partial charge in [0.2, 0.25) is 5.91 Å². The van der Waals surface area contributed by atoms with Crippen molar-refractivity contribution in [3.63, 3.8) is 0 Å². The van der Waals surface area contributed by atoms with E-state index in [-0.39, 0.29) is 12.3 Å². The molecule has 0 atom stereocenters. The maximum Gasteiger partial charge on any atom is 0.224 e. The number of ether oxygens (including phenoxy) is 2. The van der Waals surface area contributed by atoms with Crippen molar-refractivity contribution >= 4 is 11.6 Å². The molecule has 0 fully saturated rings. The Labute approximate surface area is 140 Å². The molecule has 0 spiro atoms. The summed E-state index contributed by atoms with van der Waals surface area (Å²) in [6.07, 6.45) is 4.11. The maximum absolute atomic E-state index is 12.1. The third-order valence-corrected chi connectivity index (χ3v) is 3.69. The minimum Gasteiger partial charge on any atom is -0.493 e. The molecule has 124 valence electrons. The van der Waals surface area contributed by atoms with Crippen molar-refractivity contribution in [3.05, 3.63) is 60.0 Å².